The van der Waals surface area contributed by atoms with E-state index in [0.29, 0.717) is 45.9 Å². The summed E-state index contributed by atoms with van der Waals surface area (Å²) in [6.07, 6.45) is 2.04. The van der Waals surface area contributed by atoms with Crippen LogP contribution in [0, 0.1) is 6.92 Å². The molecule has 1 amide bonds. The normalized spacial score (nSPS) is 11.1. The topological polar surface area (TPSA) is 104 Å². The zero-order valence-electron chi connectivity index (χ0n) is 21.4. The zero-order chi connectivity index (χ0) is 27.2. The van der Waals surface area contributed by atoms with Crippen LogP contribution in [0.1, 0.15) is 23.9 Å². The number of carbonyl (C=O) groups excluding carboxylic acids is 1. The lowest BCUT2D eigenvalue weighted by molar-refractivity contribution is -0.118. The number of hydrogen-bond acceptors (Lipinski definition) is 7. The van der Waals surface area contributed by atoms with E-state index in [2.05, 4.69) is 31.3 Å². The molecule has 0 bridgehead atoms. The van der Waals surface area contributed by atoms with Gasteiger partial charge in [0, 0.05) is 22.1 Å². The third-order valence-corrected chi connectivity index (χ3v) is 6.17. The second-order valence-corrected chi connectivity index (χ2v) is 9.28. The molecule has 3 aromatic carbocycles. The maximum atomic E-state index is 13.2. The number of ether oxygens (including phenoxy) is 3. The second-order valence-electron chi connectivity index (χ2n) is 8.36. The van der Waals surface area contributed by atoms with Crippen LogP contribution >= 0.6 is 15.9 Å². The van der Waals surface area contributed by atoms with Crippen LogP contribution in [0.4, 0.5) is 5.69 Å². The predicted molar refractivity (Wildman–Crippen MR) is 151 cm³/mol. The third-order valence-electron chi connectivity index (χ3n) is 5.68. The van der Waals surface area contributed by atoms with E-state index in [1.54, 1.807) is 24.3 Å². The first-order valence-electron chi connectivity index (χ1n) is 11.8. The van der Waals surface area contributed by atoms with Crippen molar-refractivity contribution >= 4 is 44.6 Å². The maximum Gasteiger partial charge on any atom is 0.282 e. The van der Waals surface area contributed by atoms with Crippen molar-refractivity contribution in [2.45, 2.75) is 20.3 Å². The molecule has 1 heterocycles. The van der Waals surface area contributed by atoms with E-state index >= 15 is 0 Å². The fourth-order valence-electron chi connectivity index (χ4n) is 3.76. The molecule has 1 N–H and O–H groups in total. The average Bonchev–Trinajstić information content (AvgIpc) is 2.92. The fourth-order valence-corrected chi connectivity index (χ4v) is 4.12. The minimum absolute atomic E-state index is 0.248. The lowest BCUT2D eigenvalue weighted by Crippen LogP contribution is -2.22. The van der Waals surface area contributed by atoms with Crippen molar-refractivity contribution in [2.75, 3.05) is 26.1 Å². The Kier molecular flexibility index (Phi) is 8.42. The lowest BCUT2D eigenvalue weighted by atomic mass is 10.2. The molecule has 0 aliphatic carbocycles. The molecule has 0 spiro atoms. The molecule has 0 aliphatic heterocycles. The molecule has 0 saturated heterocycles. The summed E-state index contributed by atoms with van der Waals surface area (Å²) in [5.41, 5.74) is 2.70. The molecule has 38 heavy (non-hydrogen) atoms. The van der Waals surface area contributed by atoms with Gasteiger partial charge in [-0.3, -0.25) is 9.59 Å². The number of amides is 1. The Morgan fingerprint density at radius 3 is 2.39 bits per heavy atom. The Morgan fingerprint density at radius 2 is 1.76 bits per heavy atom. The molecule has 0 saturated carbocycles. The van der Waals surface area contributed by atoms with Crippen molar-refractivity contribution in [3.05, 3.63) is 86.4 Å². The van der Waals surface area contributed by atoms with Crippen LogP contribution in [0.2, 0.25) is 0 Å². The Hall–Kier alpha value is -4.18. The van der Waals surface area contributed by atoms with Gasteiger partial charge in [-0.15, -0.1) is 0 Å². The van der Waals surface area contributed by atoms with Crippen molar-refractivity contribution in [1.82, 2.24) is 9.66 Å². The van der Waals surface area contributed by atoms with Crippen molar-refractivity contribution in [3.8, 4) is 17.2 Å². The van der Waals surface area contributed by atoms with Crippen LogP contribution < -0.4 is 25.1 Å². The van der Waals surface area contributed by atoms with Crippen LogP contribution in [-0.2, 0) is 11.2 Å². The van der Waals surface area contributed by atoms with Crippen LogP contribution in [0.25, 0.3) is 10.9 Å². The molecule has 0 fully saturated rings. The van der Waals surface area contributed by atoms with Crippen LogP contribution in [0.15, 0.2) is 69.0 Å². The Balaban J connectivity index is 1.59. The number of nitrogens with zero attached hydrogens (tertiary/aromatic N) is 3. The Labute approximate surface area is 228 Å². The molecule has 0 atom stereocenters. The van der Waals surface area contributed by atoms with Crippen LogP contribution in [0.3, 0.4) is 0 Å². The van der Waals surface area contributed by atoms with E-state index in [0.717, 1.165) is 10.0 Å². The number of nitrogens with one attached hydrogen (secondary N) is 1. The van der Waals surface area contributed by atoms with Gasteiger partial charge in [0.15, 0.2) is 18.1 Å². The number of rotatable bonds is 9. The highest BCUT2D eigenvalue weighted by molar-refractivity contribution is 9.10. The Morgan fingerprint density at radius 1 is 1.08 bits per heavy atom. The molecule has 4 aromatic rings. The van der Waals surface area contributed by atoms with Gasteiger partial charge in [0.1, 0.15) is 5.82 Å². The number of aromatic nitrogens is 2. The van der Waals surface area contributed by atoms with E-state index in [4.69, 9.17) is 14.2 Å². The molecule has 4 rings (SSSR count). The van der Waals surface area contributed by atoms with Crippen molar-refractivity contribution in [2.24, 2.45) is 5.10 Å². The minimum Gasteiger partial charge on any atom is -0.493 e. The fraction of sp³-hybridized carbons (Fsp3) is 0.214. The summed E-state index contributed by atoms with van der Waals surface area (Å²) < 4.78 is 18.8. The summed E-state index contributed by atoms with van der Waals surface area (Å²) in [5, 5.41) is 7.66. The van der Waals surface area contributed by atoms with Crippen molar-refractivity contribution in [3.63, 3.8) is 0 Å². The van der Waals surface area contributed by atoms with Gasteiger partial charge in [0.05, 0.1) is 31.3 Å². The summed E-state index contributed by atoms with van der Waals surface area (Å²) >= 11 is 3.40. The summed E-state index contributed by atoms with van der Waals surface area (Å²) in [5.74, 6) is 1.16. The number of fused-ring (bicyclic) bond motifs is 1. The highest BCUT2D eigenvalue weighted by Crippen LogP contribution is 2.38. The zero-order valence-corrected chi connectivity index (χ0v) is 23.0. The number of methoxy groups -OCH3 is 2. The summed E-state index contributed by atoms with van der Waals surface area (Å²) in [4.78, 5) is 30.2. The molecule has 196 valence electrons. The van der Waals surface area contributed by atoms with Gasteiger partial charge < -0.3 is 19.5 Å². The van der Waals surface area contributed by atoms with Crippen LogP contribution in [-0.4, -0.2) is 42.6 Å². The predicted octanol–water partition coefficient (Wildman–Crippen LogP) is 4.95. The van der Waals surface area contributed by atoms with Gasteiger partial charge >= 0.3 is 0 Å². The second kappa shape index (κ2) is 11.9. The quantitative estimate of drug-likeness (QED) is 0.282. The number of benzene rings is 3. The third kappa shape index (κ3) is 6.03. The van der Waals surface area contributed by atoms with E-state index in [1.807, 2.05) is 44.2 Å². The highest BCUT2D eigenvalue weighted by atomic mass is 79.9. The number of carbonyl (C=O) groups is 1. The van der Waals surface area contributed by atoms with Gasteiger partial charge in [-0.05, 0) is 49.4 Å². The molecule has 0 unspecified atom stereocenters. The van der Waals surface area contributed by atoms with Gasteiger partial charge in [0.25, 0.3) is 11.5 Å². The van der Waals surface area contributed by atoms with Crippen molar-refractivity contribution in [1.29, 1.82) is 0 Å². The average molecular weight is 579 g/mol. The van der Waals surface area contributed by atoms with Gasteiger partial charge in [-0.1, -0.05) is 40.5 Å². The first kappa shape index (κ1) is 26.9. The van der Waals surface area contributed by atoms with Gasteiger partial charge in [0.2, 0.25) is 5.75 Å². The molecule has 10 heteroatoms. The van der Waals surface area contributed by atoms with Gasteiger partial charge in [-0.2, -0.15) is 9.78 Å². The molecule has 1 aromatic heterocycles. The van der Waals surface area contributed by atoms with Crippen molar-refractivity contribution < 1.29 is 19.0 Å². The molecular weight excluding hydrogens is 552 g/mol. The summed E-state index contributed by atoms with van der Waals surface area (Å²) in [6, 6.07) is 16.2. The molecule has 0 aliphatic rings. The van der Waals surface area contributed by atoms with Gasteiger partial charge in [-0.25, -0.2) is 4.98 Å². The number of aryl methyl sites for hydroxylation is 2. The lowest BCUT2D eigenvalue weighted by Gasteiger charge is -2.15. The Bertz CT molecular complexity index is 1540. The van der Waals surface area contributed by atoms with E-state index < -0.39 is 0 Å². The SMILES string of the molecule is CCc1nc2ccc(Br)cc2c(=O)n1N=Cc1cc(OC)c(OCC(=O)Nc2ccc(C)cc2)c(OC)c1. The number of hydrogen-bond donors (Lipinski definition) is 1. The summed E-state index contributed by atoms with van der Waals surface area (Å²) in [6.45, 7) is 3.63. The van der Waals surface area contributed by atoms with Crippen LogP contribution in [0.5, 0.6) is 17.2 Å². The largest absolute Gasteiger partial charge is 0.493 e. The van der Waals surface area contributed by atoms with E-state index in [1.165, 1.54) is 25.1 Å². The molecule has 9 nitrogen and oxygen atoms in total. The smallest absolute Gasteiger partial charge is 0.282 e. The highest BCUT2D eigenvalue weighted by Gasteiger charge is 2.16. The standard InChI is InChI=1S/C28H27BrN4O5/c1-5-25-32-22-11-8-19(29)14-21(22)28(35)33(25)30-15-18-12-23(36-3)27(24(13-18)37-4)38-16-26(34)31-20-9-6-17(2)7-10-20/h6-15H,5,16H2,1-4H3,(H,31,34). The first-order valence-corrected chi connectivity index (χ1v) is 12.6. The molecule has 0 radical (unpaired) electrons. The number of anilines is 1. The van der Waals surface area contributed by atoms with E-state index in [-0.39, 0.29) is 23.8 Å². The monoisotopic (exact) mass is 578 g/mol. The van der Waals surface area contributed by atoms with E-state index in [9.17, 15) is 9.59 Å². The number of halogens is 1. The summed E-state index contributed by atoms with van der Waals surface area (Å²) in [7, 11) is 2.97. The first-order chi connectivity index (χ1) is 18.3. The molecular formula is C28H27BrN4O5. The maximum absolute atomic E-state index is 13.2. The minimum atomic E-state index is -0.328.